The molecule has 1 aliphatic carbocycles. The van der Waals surface area contributed by atoms with Crippen LogP contribution >= 0.6 is 11.6 Å². The molecule has 0 atom stereocenters. The van der Waals surface area contributed by atoms with E-state index in [1.807, 2.05) is 18.2 Å². The summed E-state index contributed by atoms with van der Waals surface area (Å²) in [7, 11) is 0. The summed E-state index contributed by atoms with van der Waals surface area (Å²) in [5.74, 6) is -0.0252. The lowest BCUT2D eigenvalue weighted by Crippen LogP contribution is -2.17. The number of hydrogen-bond acceptors (Lipinski definition) is 4. The maximum absolute atomic E-state index is 14.4. The molecule has 1 amide bonds. The lowest BCUT2D eigenvalue weighted by Gasteiger charge is -2.19. The van der Waals surface area contributed by atoms with Crippen LogP contribution in [0.3, 0.4) is 0 Å². The third kappa shape index (κ3) is 4.33. The fraction of sp³-hybridized carbons (Fsp3) is 0.276. The number of H-pyrrole nitrogens is 1. The molecule has 3 N–H and O–H groups in total. The van der Waals surface area contributed by atoms with Gasteiger partial charge in [0.05, 0.1) is 38.3 Å². The molecule has 0 saturated heterocycles. The van der Waals surface area contributed by atoms with Gasteiger partial charge in [0.2, 0.25) is 5.95 Å². The number of carbonyl (C=O) groups excluding carboxylic acids is 1. The van der Waals surface area contributed by atoms with Crippen LogP contribution in [-0.2, 0) is 5.60 Å². The van der Waals surface area contributed by atoms with E-state index in [0.717, 1.165) is 42.3 Å². The summed E-state index contributed by atoms with van der Waals surface area (Å²) in [6.45, 7) is 3.48. The number of aromatic amines is 1. The minimum Gasteiger partial charge on any atom is -0.386 e. The number of hydrogen-bond donors (Lipinski definition) is 3. The van der Waals surface area contributed by atoms with Crippen LogP contribution in [0.1, 0.15) is 61.5 Å². The first-order chi connectivity index (χ1) is 18.2. The Morgan fingerprint density at radius 1 is 1.11 bits per heavy atom. The van der Waals surface area contributed by atoms with Gasteiger partial charge in [-0.3, -0.25) is 10.1 Å². The molecule has 5 aromatic rings. The molecule has 194 valence electrons. The van der Waals surface area contributed by atoms with Gasteiger partial charge in [0.1, 0.15) is 11.6 Å². The highest BCUT2D eigenvalue weighted by Gasteiger charge is 2.26. The van der Waals surface area contributed by atoms with Crippen molar-refractivity contribution in [3.8, 4) is 11.4 Å². The summed E-state index contributed by atoms with van der Waals surface area (Å²) in [6, 6.07) is 15.6. The zero-order chi connectivity index (χ0) is 26.6. The highest BCUT2D eigenvalue weighted by Crippen LogP contribution is 2.37. The van der Waals surface area contributed by atoms with Gasteiger partial charge in [0, 0.05) is 11.6 Å². The van der Waals surface area contributed by atoms with Crippen LogP contribution in [0, 0.1) is 5.82 Å². The van der Waals surface area contributed by atoms with Gasteiger partial charge in [-0.25, -0.2) is 14.4 Å². The minimum absolute atomic E-state index is 0.187. The molecular formula is C29H27ClFN5O2. The number of aromatic nitrogens is 4. The quantitative estimate of drug-likeness (QED) is 0.228. The fourth-order valence-corrected chi connectivity index (χ4v) is 5.52. The number of carbonyl (C=O) groups is 1. The van der Waals surface area contributed by atoms with Crippen molar-refractivity contribution < 1.29 is 14.3 Å². The van der Waals surface area contributed by atoms with Gasteiger partial charge in [-0.05, 0) is 74.7 Å². The highest BCUT2D eigenvalue weighted by atomic mass is 35.5. The maximum Gasteiger partial charge on any atom is 0.258 e. The van der Waals surface area contributed by atoms with Crippen molar-refractivity contribution in [3.63, 3.8) is 0 Å². The SMILES string of the molecule is CC(C)(O)c1ccc2c(c1)nc(NC(=O)c1ccc3[nH]c(-c4c(F)cccc4Cl)nc3c1)n2C1CCCC1. The number of nitrogens with zero attached hydrogens (tertiary/aromatic N) is 3. The third-order valence-electron chi connectivity index (χ3n) is 7.26. The Morgan fingerprint density at radius 3 is 2.63 bits per heavy atom. The topological polar surface area (TPSA) is 95.8 Å². The first-order valence-corrected chi connectivity index (χ1v) is 13.1. The number of rotatable bonds is 5. The molecule has 1 aliphatic rings. The van der Waals surface area contributed by atoms with E-state index >= 15 is 0 Å². The van der Waals surface area contributed by atoms with Crippen LogP contribution in [0.4, 0.5) is 10.3 Å². The second-order valence-corrected chi connectivity index (χ2v) is 10.8. The molecule has 0 spiro atoms. The summed E-state index contributed by atoms with van der Waals surface area (Å²) in [6.07, 6.45) is 4.29. The predicted molar refractivity (Wildman–Crippen MR) is 147 cm³/mol. The molecule has 0 aliphatic heterocycles. The molecule has 7 nitrogen and oxygen atoms in total. The van der Waals surface area contributed by atoms with Gasteiger partial charge in [-0.1, -0.05) is 36.6 Å². The second kappa shape index (κ2) is 9.22. The van der Waals surface area contributed by atoms with E-state index in [0.29, 0.717) is 28.4 Å². The molecule has 2 aromatic heterocycles. The highest BCUT2D eigenvalue weighted by molar-refractivity contribution is 6.33. The molecule has 3 aromatic carbocycles. The number of imidazole rings is 2. The predicted octanol–water partition coefficient (Wildman–Crippen LogP) is 6.97. The van der Waals surface area contributed by atoms with E-state index in [1.165, 1.54) is 12.1 Å². The van der Waals surface area contributed by atoms with Gasteiger partial charge in [-0.15, -0.1) is 0 Å². The normalized spacial score (nSPS) is 14.6. The molecule has 6 rings (SSSR count). The second-order valence-electron chi connectivity index (χ2n) is 10.4. The van der Waals surface area contributed by atoms with Gasteiger partial charge >= 0.3 is 0 Å². The van der Waals surface area contributed by atoms with Crippen molar-refractivity contribution >= 4 is 45.5 Å². The van der Waals surface area contributed by atoms with Crippen molar-refractivity contribution in [2.45, 2.75) is 51.2 Å². The summed E-state index contributed by atoms with van der Waals surface area (Å²) in [4.78, 5) is 25.7. The number of aliphatic hydroxyl groups is 1. The fourth-order valence-electron chi connectivity index (χ4n) is 5.26. The average molecular weight is 532 g/mol. The number of benzene rings is 3. The van der Waals surface area contributed by atoms with Crippen molar-refractivity contribution in [1.29, 1.82) is 0 Å². The van der Waals surface area contributed by atoms with Crippen LogP contribution in [-0.4, -0.2) is 30.5 Å². The molecule has 1 fully saturated rings. The Morgan fingerprint density at radius 2 is 1.89 bits per heavy atom. The lowest BCUT2D eigenvalue weighted by atomic mass is 9.98. The molecule has 2 heterocycles. The monoisotopic (exact) mass is 531 g/mol. The van der Waals surface area contributed by atoms with Crippen LogP contribution < -0.4 is 5.32 Å². The number of halogens is 2. The Kier molecular flexibility index (Phi) is 5.96. The molecule has 38 heavy (non-hydrogen) atoms. The summed E-state index contributed by atoms with van der Waals surface area (Å²) >= 11 is 6.21. The van der Waals surface area contributed by atoms with Gasteiger partial charge in [0.25, 0.3) is 5.91 Å². The van der Waals surface area contributed by atoms with Crippen molar-refractivity contribution in [2.24, 2.45) is 0 Å². The van der Waals surface area contributed by atoms with E-state index in [-0.39, 0.29) is 22.5 Å². The molecular weight excluding hydrogens is 505 g/mol. The Labute approximate surface area is 223 Å². The van der Waals surface area contributed by atoms with E-state index in [9.17, 15) is 14.3 Å². The number of anilines is 1. The largest absolute Gasteiger partial charge is 0.386 e. The Bertz CT molecular complexity index is 1670. The van der Waals surface area contributed by atoms with Crippen molar-refractivity contribution in [3.05, 3.63) is 76.6 Å². The summed E-state index contributed by atoms with van der Waals surface area (Å²) in [5.41, 5.74) is 3.17. The molecule has 1 saturated carbocycles. The summed E-state index contributed by atoms with van der Waals surface area (Å²) < 4.78 is 16.5. The van der Waals surface area contributed by atoms with E-state index < -0.39 is 11.4 Å². The van der Waals surface area contributed by atoms with E-state index in [4.69, 9.17) is 16.6 Å². The van der Waals surface area contributed by atoms with E-state index in [2.05, 4.69) is 19.9 Å². The number of nitrogens with one attached hydrogen (secondary N) is 2. The van der Waals surface area contributed by atoms with Crippen LogP contribution in [0.5, 0.6) is 0 Å². The van der Waals surface area contributed by atoms with Crippen molar-refractivity contribution in [2.75, 3.05) is 5.32 Å². The van der Waals surface area contributed by atoms with Crippen LogP contribution in [0.25, 0.3) is 33.5 Å². The lowest BCUT2D eigenvalue weighted by molar-refractivity contribution is 0.0787. The Balaban J connectivity index is 1.36. The molecule has 0 unspecified atom stereocenters. The Hall–Kier alpha value is -3.75. The van der Waals surface area contributed by atoms with Gasteiger partial charge in [-0.2, -0.15) is 0 Å². The van der Waals surface area contributed by atoms with Crippen LogP contribution in [0.15, 0.2) is 54.6 Å². The van der Waals surface area contributed by atoms with Gasteiger partial charge < -0.3 is 14.7 Å². The van der Waals surface area contributed by atoms with E-state index in [1.54, 1.807) is 38.1 Å². The maximum atomic E-state index is 14.4. The number of fused-ring (bicyclic) bond motifs is 2. The summed E-state index contributed by atoms with van der Waals surface area (Å²) in [5, 5.41) is 13.7. The minimum atomic E-state index is -1.00. The van der Waals surface area contributed by atoms with Crippen LogP contribution in [0.2, 0.25) is 5.02 Å². The number of amides is 1. The average Bonchev–Trinajstić information content (AvgIpc) is 3.60. The third-order valence-corrected chi connectivity index (χ3v) is 7.57. The molecule has 9 heteroatoms. The molecule has 0 bridgehead atoms. The van der Waals surface area contributed by atoms with Gasteiger partial charge in [0.15, 0.2) is 0 Å². The first kappa shape index (κ1) is 24.6. The zero-order valence-electron chi connectivity index (χ0n) is 21.1. The first-order valence-electron chi connectivity index (χ1n) is 12.7. The zero-order valence-corrected chi connectivity index (χ0v) is 21.8. The smallest absolute Gasteiger partial charge is 0.258 e. The molecule has 0 radical (unpaired) electrons. The van der Waals surface area contributed by atoms with Crippen molar-refractivity contribution in [1.82, 2.24) is 19.5 Å². The standard InChI is InChI=1S/C29H27ClFN5O2/c1-29(2,38)17-11-13-24-23(15-17)34-28(36(24)18-6-3-4-7-18)35-27(37)16-10-12-21-22(14-16)33-26(32-21)25-19(30)8-5-9-20(25)31/h5,8-15,18,38H,3-4,6-7H2,1-2H3,(H,32,33)(H,34,35,37).